The first-order chi connectivity index (χ1) is 17.2. The van der Waals surface area contributed by atoms with Gasteiger partial charge in [0.25, 0.3) is 5.69 Å². The average molecular weight is 546 g/mol. The predicted octanol–water partition coefficient (Wildman–Crippen LogP) is 4.95. The third kappa shape index (κ3) is 4.66. The number of sulfonamides is 1. The van der Waals surface area contributed by atoms with Crippen molar-refractivity contribution in [1.29, 1.82) is 0 Å². The van der Waals surface area contributed by atoms with E-state index in [1.807, 2.05) is 42.6 Å². The number of nitro benzene ring substituents is 1. The minimum Gasteiger partial charge on any atom is -0.330 e. The van der Waals surface area contributed by atoms with Gasteiger partial charge in [0.15, 0.2) is 0 Å². The molecule has 1 unspecified atom stereocenters. The molecule has 8 nitrogen and oxygen atoms in total. The Morgan fingerprint density at radius 3 is 2.58 bits per heavy atom. The molecule has 0 bridgehead atoms. The average Bonchev–Trinajstić information content (AvgIpc) is 3.57. The van der Waals surface area contributed by atoms with Crippen molar-refractivity contribution in [1.82, 2.24) is 9.21 Å². The SMILES string of the molecule is Cc1ccc(C2c3ccsc3CCN2C(=O)CN(C2CC2)S(=O)(=O)c2ccc(Cl)c([N+](=O)[O-])c2)cc1. The first-order valence-corrected chi connectivity index (χ1v) is 14.2. The fourth-order valence-corrected chi connectivity index (χ4v) is 7.36. The van der Waals surface area contributed by atoms with Crippen LogP contribution >= 0.6 is 22.9 Å². The van der Waals surface area contributed by atoms with E-state index < -0.39 is 20.6 Å². The minimum atomic E-state index is -4.16. The molecule has 0 radical (unpaired) electrons. The summed E-state index contributed by atoms with van der Waals surface area (Å²) in [6, 6.07) is 12.9. The number of aryl methyl sites for hydroxylation is 1. The lowest BCUT2D eigenvalue weighted by Gasteiger charge is -2.37. The summed E-state index contributed by atoms with van der Waals surface area (Å²) in [7, 11) is -4.16. The Morgan fingerprint density at radius 2 is 1.92 bits per heavy atom. The summed E-state index contributed by atoms with van der Waals surface area (Å²) in [5, 5.41) is 13.2. The van der Waals surface area contributed by atoms with Crippen molar-refractivity contribution in [3.63, 3.8) is 0 Å². The van der Waals surface area contributed by atoms with Gasteiger partial charge in [-0.15, -0.1) is 11.3 Å². The molecule has 1 saturated carbocycles. The van der Waals surface area contributed by atoms with Gasteiger partial charge in [0, 0.05) is 23.5 Å². The number of fused-ring (bicyclic) bond motifs is 1. The first kappa shape index (κ1) is 24.9. The molecule has 1 fully saturated rings. The van der Waals surface area contributed by atoms with E-state index in [9.17, 15) is 23.3 Å². The molecular formula is C25H24ClN3O5S2. The number of hydrogen-bond donors (Lipinski definition) is 0. The Kier molecular flexibility index (Phi) is 6.63. The summed E-state index contributed by atoms with van der Waals surface area (Å²) >= 11 is 7.55. The highest BCUT2D eigenvalue weighted by Crippen LogP contribution is 2.39. The molecule has 2 aromatic carbocycles. The maximum atomic E-state index is 13.7. The van der Waals surface area contributed by atoms with Gasteiger partial charge in [-0.25, -0.2) is 8.42 Å². The Labute approximate surface area is 218 Å². The van der Waals surface area contributed by atoms with Crippen molar-refractivity contribution >= 4 is 44.6 Å². The maximum absolute atomic E-state index is 13.7. The third-order valence-corrected chi connectivity index (χ3v) is 9.86. The smallest absolute Gasteiger partial charge is 0.289 e. The molecule has 2 aliphatic rings. The van der Waals surface area contributed by atoms with E-state index in [-0.39, 0.29) is 34.5 Å². The zero-order valence-corrected chi connectivity index (χ0v) is 21.9. The van der Waals surface area contributed by atoms with Gasteiger partial charge in [0.2, 0.25) is 15.9 Å². The molecule has 188 valence electrons. The van der Waals surface area contributed by atoms with Crippen LogP contribution in [0.25, 0.3) is 0 Å². The highest BCUT2D eigenvalue weighted by atomic mass is 35.5. The number of rotatable bonds is 7. The Balaban J connectivity index is 1.47. The molecule has 1 aromatic heterocycles. The maximum Gasteiger partial charge on any atom is 0.289 e. The number of benzene rings is 2. The molecule has 11 heteroatoms. The number of nitrogens with zero attached hydrogens (tertiary/aromatic N) is 3. The molecule has 0 saturated heterocycles. The van der Waals surface area contributed by atoms with E-state index in [1.54, 1.807) is 16.2 Å². The van der Waals surface area contributed by atoms with Crippen LogP contribution in [0.15, 0.2) is 58.8 Å². The van der Waals surface area contributed by atoms with Crippen molar-refractivity contribution in [2.24, 2.45) is 0 Å². The van der Waals surface area contributed by atoms with Crippen LogP contribution in [0.2, 0.25) is 5.02 Å². The highest BCUT2D eigenvalue weighted by Gasteiger charge is 2.42. The summed E-state index contributed by atoms with van der Waals surface area (Å²) in [4.78, 5) is 27.1. The van der Waals surface area contributed by atoms with Crippen LogP contribution < -0.4 is 0 Å². The molecule has 0 spiro atoms. The lowest BCUT2D eigenvalue weighted by atomic mass is 9.92. The van der Waals surface area contributed by atoms with Crippen LogP contribution in [0.1, 0.15) is 40.5 Å². The van der Waals surface area contributed by atoms with E-state index >= 15 is 0 Å². The topological polar surface area (TPSA) is 101 Å². The number of carbonyl (C=O) groups is 1. The number of carbonyl (C=O) groups excluding carboxylic acids is 1. The second-order valence-electron chi connectivity index (χ2n) is 9.10. The molecule has 0 N–H and O–H groups in total. The molecule has 1 aliphatic heterocycles. The van der Waals surface area contributed by atoms with Crippen LogP contribution in [0.5, 0.6) is 0 Å². The number of amides is 1. The zero-order chi connectivity index (χ0) is 25.6. The van der Waals surface area contributed by atoms with Crippen LogP contribution in [0.3, 0.4) is 0 Å². The van der Waals surface area contributed by atoms with E-state index in [2.05, 4.69) is 0 Å². The number of halogens is 1. The fraction of sp³-hybridized carbons (Fsp3) is 0.320. The van der Waals surface area contributed by atoms with Crippen molar-refractivity contribution in [2.75, 3.05) is 13.1 Å². The van der Waals surface area contributed by atoms with Crippen molar-refractivity contribution in [3.8, 4) is 0 Å². The predicted molar refractivity (Wildman–Crippen MR) is 138 cm³/mol. The monoisotopic (exact) mass is 545 g/mol. The van der Waals surface area contributed by atoms with Crippen LogP contribution in [0.4, 0.5) is 5.69 Å². The minimum absolute atomic E-state index is 0.145. The van der Waals surface area contributed by atoms with Gasteiger partial charge >= 0.3 is 0 Å². The Bertz CT molecular complexity index is 1430. The summed E-state index contributed by atoms with van der Waals surface area (Å²) in [6.07, 6.45) is 1.98. The largest absolute Gasteiger partial charge is 0.330 e. The van der Waals surface area contributed by atoms with E-state index in [1.165, 1.54) is 21.3 Å². The summed E-state index contributed by atoms with van der Waals surface area (Å²) in [5.74, 6) is -0.295. The van der Waals surface area contributed by atoms with Crippen molar-refractivity contribution in [3.05, 3.63) is 90.6 Å². The summed E-state index contributed by atoms with van der Waals surface area (Å²) < 4.78 is 28.3. The van der Waals surface area contributed by atoms with Gasteiger partial charge in [0.05, 0.1) is 22.4 Å². The van der Waals surface area contributed by atoms with E-state index in [0.717, 1.165) is 22.8 Å². The molecule has 3 aromatic rings. The second kappa shape index (κ2) is 9.59. The van der Waals surface area contributed by atoms with Crippen LogP contribution in [-0.4, -0.2) is 47.6 Å². The normalized spacial score (nSPS) is 17.8. The second-order valence-corrected chi connectivity index (χ2v) is 12.4. The van der Waals surface area contributed by atoms with E-state index in [0.29, 0.717) is 25.8 Å². The first-order valence-electron chi connectivity index (χ1n) is 11.5. The number of hydrogen-bond acceptors (Lipinski definition) is 6. The molecule has 1 atom stereocenters. The van der Waals surface area contributed by atoms with Gasteiger partial charge in [-0.2, -0.15) is 4.31 Å². The van der Waals surface area contributed by atoms with Gasteiger partial charge in [-0.3, -0.25) is 14.9 Å². The summed E-state index contributed by atoms with van der Waals surface area (Å²) in [5.41, 5.74) is 2.67. The molecule has 1 amide bonds. The lowest BCUT2D eigenvalue weighted by Crippen LogP contribution is -2.47. The van der Waals surface area contributed by atoms with Crippen molar-refractivity contribution < 1.29 is 18.1 Å². The number of thiophene rings is 1. The Morgan fingerprint density at radius 1 is 1.19 bits per heavy atom. The molecule has 1 aliphatic carbocycles. The molecule has 2 heterocycles. The van der Waals surface area contributed by atoms with E-state index in [4.69, 9.17) is 11.6 Å². The number of nitro groups is 1. The van der Waals surface area contributed by atoms with Gasteiger partial charge in [-0.05, 0) is 60.9 Å². The lowest BCUT2D eigenvalue weighted by molar-refractivity contribution is -0.384. The zero-order valence-electron chi connectivity index (χ0n) is 19.5. The van der Waals surface area contributed by atoms with Crippen LogP contribution in [0, 0.1) is 17.0 Å². The quantitative estimate of drug-likeness (QED) is 0.309. The molecular weight excluding hydrogens is 522 g/mol. The highest BCUT2D eigenvalue weighted by molar-refractivity contribution is 7.89. The van der Waals surface area contributed by atoms with Crippen LogP contribution in [-0.2, 0) is 21.2 Å². The standard InChI is InChI=1S/C25H24ClN3O5S2/c1-16-2-4-17(5-3-16)25-20-11-13-35-23(20)10-12-27(25)24(30)15-28(18-6-7-18)36(33,34)19-8-9-21(26)22(14-19)29(31)32/h2-5,8-9,11,13-14,18,25H,6-7,10,12,15H2,1H3. The van der Waals surface area contributed by atoms with Gasteiger partial charge in [0.1, 0.15) is 5.02 Å². The van der Waals surface area contributed by atoms with Gasteiger partial charge in [-0.1, -0.05) is 41.4 Å². The fourth-order valence-electron chi connectivity index (χ4n) is 4.62. The van der Waals surface area contributed by atoms with Gasteiger partial charge < -0.3 is 4.90 Å². The molecule has 5 rings (SSSR count). The Hall–Kier alpha value is -2.79. The third-order valence-electron chi connectivity index (χ3n) is 6.65. The summed E-state index contributed by atoms with van der Waals surface area (Å²) in [6.45, 7) is 2.16. The molecule has 36 heavy (non-hydrogen) atoms. The van der Waals surface area contributed by atoms with Crippen molar-refractivity contribution in [2.45, 2.75) is 43.2 Å².